The number of carbonyl (C=O) groups is 1. The molecule has 0 saturated heterocycles. The summed E-state index contributed by atoms with van der Waals surface area (Å²) in [7, 11) is 0. The van der Waals surface area contributed by atoms with Crippen LogP contribution in [0.4, 0.5) is 0 Å². The van der Waals surface area contributed by atoms with Crippen molar-refractivity contribution in [3.05, 3.63) is 106 Å². The van der Waals surface area contributed by atoms with Crippen LogP contribution in [0.3, 0.4) is 0 Å². The third kappa shape index (κ3) is 4.39. The van der Waals surface area contributed by atoms with Crippen molar-refractivity contribution in [2.75, 3.05) is 0 Å². The van der Waals surface area contributed by atoms with E-state index in [0.29, 0.717) is 23.3 Å². The van der Waals surface area contributed by atoms with Crippen LogP contribution in [0.15, 0.2) is 83.5 Å². The van der Waals surface area contributed by atoms with E-state index in [9.17, 15) is 4.79 Å². The van der Waals surface area contributed by atoms with Crippen molar-refractivity contribution in [1.82, 2.24) is 0 Å². The maximum absolute atomic E-state index is 12.3. The fourth-order valence-electron chi connectivity index (χ4n) is 2.96. The predicted molar refractivity (Wildman–Crippen MR) is 114 cm³/mol. The van der Waals surface area contributed by atoms with Crippen molar-refractivity contribution in [3.8, 4) is 5.75 Å². The Bertz CT molecular complexity index is 1120. The van der Waals surface area contributed by atoms with Gasteiger partial charge in [0.2, 0.25) is 5.90 Å². The molecule has 0 atom stereocenters. The van der Waals surface area contributed by atoms with Crippen LogP contribution in [0.2, 0.25) is 5.02 Å². The number of hydrogen-bond acceptors (Lipinski definition) is 4. The van der Waals surface area contributed by atoms with Gasteiger partial charge in [0.1, 0.15) is 12.4 Å². The minimum Gasteiger partial charge on any atom is -0.488 e. The van der Waals surface area contributed by atoms with E-state index in [2.05, 4.69) is 4.99 Å². The molecule has 3 aromatic rings. The van der Waals surface area contributed by atoms with Crippen molar-refractivity contribution in [1.29, 1.82) is 0 Å². The van der Waals surface area contributed by atoms with Crippen LogP contribution in [0.5, 0.6) is 5.75 Å². The summed E-state index contributed by atoms with van der Waals surface area (Å²) in [5.41, 5.74) is 3.79. The molecule has 0 N–H and O–H groups in total. The Morgan fingerprint density at radius 2 is 1.72 bits per heavy atom. The number of rotatable bonds is 5. The number of benzene rings is 3. The first kappa shape index (κ1) is 19.0. The normalized spacial score (nSPS) is 14.6. The van der Waals surface area contributed by atoms with Gasteiger partial charge in [0, 0.05) is 16.1 Å². The van der Waals surface area contributed by atoms with Gasteiger partial charge in [-0.15, -0.1) is 0 Å². The lowest BCUT2D eigenvalue weighted by Crippen LogP contribution is -2.06. The highest BCUT2D eigenvalue weighted by atomic mass is 35.5. The van der Waals surface area contributed by atoms with Gasteiger partial charge >= 0.3 is 5.97 Å². The molecule has 0 amide bonds. The van der Waals surface area contributed by atoms with Gasteiger partial charge in [0.15, 0.2) is 5.70 Å². The maximum atomic E-state index is 12.3. The summed E-state index contributed by atoms with van der Waals surface area (Å²) in [6.45, 7) is 2.34. The molecule has 0 saturated carbocycles. The third-order valence-corrected chi connectivity index (χ3v) is 4.77. The maximum Gasteiger partial charge on any atom is 0.363 e. The molecule has 5 heteroatoms. The fraction of sp³-hybridized carbons (Fsp3) is 0.0833. The topological polar surface area (TPSA) is 47.9 Å². The quantitative estimate of drug-likeness (QED) is 0.413. The van der Waals surface area contributed by atoms with Gasteiger partial charge in [0.05, 0.1) is 0 Å². The number of para-hydroxylation sites is 1. The van der Waals surface area contributed by atoms with Crippen molar-refractivity contribution in [3.63, 3.8) is 0 Å². The average molecular weight is 404 g/mol. The molecule has 29 heavy (non-hydrogen) atoms. The lowest BCUT2D eigenvalue weighted by Gasteiger charge is -2.09. The second-order valence-electron chi connectivity index (χ2n) is 6.60. The lowest BCUT2D eigenvalue weighted by molar-refractivity contribution is -0.129. The van der Waals surface area contributed by atoms with E-state index in [1.807, 2.05) is 79.7 Å². The lowest BCUT2D eigenvalue weighted by atomic mass is 10.1. The highest BCUT2D eigenvalue weighted by Crippen LogP contribution is 2.26. The average Bonchev–Trinajstić information content (AvgIpc) is 3.09. The summed E-state index contributed by atoms with van der Waals surface area (Å²) in [5.74, 6) is 0.497. The SMILES string of the molecule is Cc1ccccc1C1=NC(=Cc2ccccc2OCc2ccc(Cl)cc2)C(=O)O1. The molecule has 0 fully saturated rings. The molecular weight excluding hydrogens is 386 g/mol. The van der Waals surface area contributed by atoms with E-state index < -0.39 is 5.97 Å². The van der Waals surface area contributed by atoms with Crippen molar-refractivity contribution in [2.24, 2.45) is 4.99 Å². The largest absolute Gasteiger partial charge is 0.488 e. The molecule has 144 valence electrons. The number of cyclic esters (lactones) is 1. The molecule has 0 aliphatic carbocycles. The Balaban J connectivity index is 1.58. The van der Waals surface area contributed by atoms with Crippen LogP contribution in [-0.4, -0.2) is 11.9 Å². The molecule has 0 spiro atoms. The van der Waals surface area contributed by atoms with E-state index in [1.54, 1.807) is 6.08 Å². The van der Waals surface area contributed by atoms with E-state index in [1.165, 1.54) is 0 Å². The van der Waals surface area contributed by atoms with Gasteiger partial charge in [0.25, 0.3) is 0 Å². The summed E-state index contributed by atoms with van der Waals surface area (Å²) in [5, 5.41) is 0.681. The summed E-state index contributed by atoms with van der Waals surface area (Å²) >= 11 is 5.92. The molecule has 3 aromatic carbocycles. The standard InChI is InChI=1S/C24H18ClNO3/c1-16-6-2-4-8-20(16)23-26-21(24(27)29-23)14-18-7-3-5-9-22(18)28-15-17-10-12-19(25)13-11-17/h2-14H,15H2,1H3. The number of aryl methyl sites for hydroxylation is 1. The van der Waals surface area contributed by atoms with Crippen LogP contribution in [0.25, 0.3) is 6.08 Å². The van der Waals surface area contributed by atoms with Crippen molar-refractivity contribution >= 4 is 29.5 Å². The second kappa shape index (κ2) is 8.33. The van der Waals surface area contributed by atoms with Gasteiger partial charge < -0.3 is 9.47 Å². The Morgan fingerprint density at radius 3 is 2.52 bits per heavy atom. The van der Waals surface area contributed by atoms with E-state index in [0.717, 1.165) is 22.3 Å². The highest BCUT2D eigenvalue weighted by Gasteiger charge is 2.25. The Kier molecular flexibility index (Phi) is 5.45. The molecule has 4 nitrogen and oxygen atoms in total. The number of esters is 1. The molecule has 0 aromatic heterocycles. The minimum absolute atomic E-state index is 0.241. The Hall–Kier alpha value is -3.37. The number of halogens is 1. The smallest absolute Gasteiger partial charge is 0.363 e. The molecular formula is C24H18ClNO3. The molecule has 1 aliphatic heterocycles. The van der Waals surface area contributed by atoms with Gasteiger partial charge in [-0.25, -0.2) is 9.79 Å². The zero-order valence-electron chi connectivity index (χ0n) is 15.8. The van der Waals surface area contributed by atoms with Gasteiger partial charge in [-0.05, 0) is 48.4 Å². The number of hydrogen-bond donors (Lipinski definition) is 0. The molecule has 0 bridgehead atoms. The van der Waals surface area contributed by atoms with Gasteiger partial charge in [-0.2, -0.15) is 0 Å². The molecule has 1 heterocycles. The number of aliphatic imine (C=N–C) groups is 1. The Labute approximate surface area is 174 Å². The van der Waals surface area contributed by atoms with E-state index >= 15 is 0 Å². The zero-order valence-corrected chi connectivity index (χ0v) is 16.5. The Morgan fingerprint density at radius 1 is 1.00 bits per heavy atom. The molecule has 0 unspecified atom stereocenters. The summed E-state index contributed by atoms with van der Waals surface area (Å²) < 4.78 is 11.3. The van der Waals surface area contributed by atoms with E-state index in [4.69, 9.17) is 21.1 Å². The first-order valence-corrected chi connectivity index (χ1v) is 9.53. The van der Waals surface area contributed by atoms with Crippen LogP contribution in [-0.2, 0) is 16.1 Å². The molecule has 4 rings (SSSR count). The van der Waals surface area contributed by atoms with Crippen molar-refractivity contribution < 1.29 is 14.3 Å². The predicted octanol–water partition coefficient (Wildman–Crippen LogP) is 5.57. The van der Waals surface area contributed by atoms with Crippen LogP contribution in [0, 0.1) is 6.92 Å². The van der Waals surface area contributed by atoms with Crippen molar-refractivity contribution in [2.45, 2.75) is 13.5 Å². The van der Waals surface area contributed by atoms with E-state index in [-0.39, 0.29) is 5.70 Å². The zero-order chi connectivity index (χ0) is 20.2. The molecule has 0 radical (unpaired) electrons. The monoisotopic (exact) mass is 403 g/mol. The fourth-order valence-corrected chi connectivity index (χ4v) is 3.08. The summed E-state index contributed by atoms with van der Waals surface area (Å²) in [6, 6.07) is 22.6. The summed E-state index contributed by atoms with van der Waals surface area (Å²) in [6.07, 6.45) is 1.69. The molecule has 1 aliphatic rings. The number of nitrogens with zero attached hydrogens (tertiary/aromatic N) is 1. The van der Waals surface area contributed by atoms with Crippen LogP contribution < -0.4 is 4.74 Å². The first-order chi connectivity index (χ1) is 14.1. The van der Waals surface area contributed by atoms with Crippen LogP contribution >= 0.6 is 11.6 Å². The third-order valence-electron chi connectivity index (χ3n) is 4.51. The highest BCUT2D eigenvalue weighted by molar-refractivity contribution is 6.30. The van der Waals surface area contributed by atoms with Gasteiger partial charge in [-0.3, -0.25) is 0 Å². The number of carbonyl (C=O) groups excluding carboxylic acids is 1. The first-order valence-electron chi connectivity index (χ1n) is 9.15. The minimum atomic E-state index is -0.476. The van der Waals surface area contributed by atoms with Gasteiger partial charge in [-0.1, -0.05) is 60.1 Å². The second-order valence-corrected chi connectivity index (χ2v) is 7.04. The number of ether oxygens (including phenoxy) is 2. The summed E-state index contributed by atoms with van der Waals surface area (Å²) in [4.78, 5) is 16.7. The van der Waals surface area contributed by atoms with Crippen LogP contribution in [0.1, 0.15) is 22.3 Å².